The molecule has 0 saturated carbocycles. The molecule has 0 aliphatic carbocycles. The van der Waals surface area contributed by atoms with Crippen LogP contribution in [0.4, 0.5) is 0 Å². The van der Waals surface area contributed by atoms with E-state index >= 15 is 0 Å². The van der Waals surface area contributed by atoms with E-state index in [1.165, 1.54) is 0 Å². The van der Waals surface area contributed by atoms with E-state index in [2.05, 4.69) is 76.0 Å². The van der Waals surface area contributed by atoms with Crippen molar-refractivity contribution in [2.24, 2.45) is 0 Å². The Balaban J connectivity index is 4.12. The first-order valence-electron chi connectivity index (χ1n) is 2.70. The molecule has 0 spiro atoms. The molecule has 2 heteroatoms. The summed E-state index contributed by atoms with van der Waals surface area (Å²) in [7, 11) is 7.25. The first kappa shape index (κ1) is 10.7. The molecule has 0 nitrogen and oxygen atoms in total. The van der Waals surface area contributed by atoms with Crippen molar-refractivity contribution in [2.45, 2.75) is 0 Å². The van der Waals surface area contributed by atoms with Crippen LogP contribution in [0.5, 0.6) is 0 Å². The zero-order valence-corrected chi connectivity index (χ0v) is 7.68. The fourth-order valence-corrected chi connectivity index (χ4v) is 0.355. The van der Waals surface area contributed by atoms with Gasteiger partial charge in [0.1, 0.15) is 0 Å². The summed E-state index contributed by atoms with van der Waals surface area (Å²) in [4.78, 5) is 0. The maximum atomic E-state index is 3.63. The molecular weight excluding hydrogens is 182 g/mol. The van der Waals surface area contributed by atoms with Crippen molar-refractivity contribution < 1.29 is 0 Å². The fraction of sp³-hybridized carbons (Fsp3) is 0. The first-order valence-corrected chi connectivity index (χ1v) is 3.59. The van der Waals surface area contributed by atoms with Crippen LogP contribution in [0, 0.1) is 58.6 Å². The number of hydrogen-bond acceptors (Lipinski definition) is 0. The second-order valence-electron chi connectivity index (χ2n) is 1.22. The molecule has 0 aliphatic rings. The Morgan fingerprint density at radius 1 is 0.417 bits per heavy atom. The Bertz CT molecular complexity index is 420. The normalized spacial score (nSPS) is 3.50. The molecule has 0 unspecified atom stereocenters. The topological polar surface area (TPSA) is 0 Å². The van der Waals surface area contributed by atoms with Crippen LogP contribution in [-0.4, -0.2) is 0 Å². The molecule has 0 rings (SSSR count). The molecule has 0 atom stereocenters. The van der Waals surface area contributed by atoms with E-state index in [0.717, 1.165) is 0 Å². The van der Waals surface area contributed by atoms with Gasteiger partial charge in [-0.05, 0) is 0 Å². The van der Waals surface area contributed by atoms with Gasteiger partial charge in [-0.25, -0.2) is 0 Å². The van der Waals surface area contributed by atoms with Gasteiger partial charge in [0.25, 0.3) is 0 Å². The zero-order chi connectivity index (χ0) is 9.07. The van der Waals surface area contributed by atoms with E-state index < -0.39 is 0 Å². The second kappa shape index (κ2) is 9.66. The predicted octanol–water partition coefficient (Wildman–Crippen LogP) is 1.74. The van der Waals surface area contributed by atoms with E-state index in [1.54, 1.807) is 0 Å². The summed E-state index contributed by atoms with van der Waals surface area (Å²) >= 11 is 0. The van der Waals surface area contributed by atoms with Gasteiger partial charge in [-0.1, -0.05) is 0 Å². The third-order valence-electron chi connectivity index (χ3n) is 0.549. The Labute approximate surface area is 76.5 Å². The molecule has 50 valence electrons. The van der Waals surface area contributed by atoms with Gasteiger partial charge < -0.3 is 0 Å². The Kier molecular flexibility index (Phi) is 8.58. The van der Waals surface area contributed by atoms with Crippen LogP contribution in [0.1, 0.15) is 0 Å². The van der Waals surface area contributed by atoms with Crippen LogP contribution in [0.25, 0.3) is 0 Å². The molecule has 0 fully saturated rings. The standard InChI is InChI=1S/C10P2/c11-9-7-5-3-1-2-4-6-8-10-12. The van der Waals surface area contributed by atoms with Crippen molar-refractivity contribution in [1.82, 2.24) is 0 Å². The molecule has 0 aromatic carbocycles. The maximum absolute atomic E-state index is 3.63. The third kappa shape index (κ3) is 8.66. The van der Waals surface area contributed by atoms with E-state index in [0.29, 0.717) is 0 Å². The van der Waals surface area contributed by atoms with Crippen LogP contribution in [0.2, 0.25) is 0 Å². The molecule has 0 heterocycles. The minimum atomic E-state index is 2.31. The monoisotopic (exact) mass is 182 g/mol. The Morgan fingerprint density at radius 3 is 0.917 bits per heavy atom. The molecule has 0 bridgehead atoms. The average Bonchev–Trinajstić information content (AvgIpc) is 2.10. The average molecular weight is 182 g/mol. The van der Waals surface area contributed by atoms with Crippen molar-refractivity contribution in [3.8, 4) is 58.6 Å². The van der Waals surface area contributed by atoms with Crippen LogP contribution in [0.3, 0.4) is 0 Å². The molecular formula is C10P2. The summed E-state index contributed by atoms with van der Waals surface area (Å²) in [6.45, 7) is 0. The molecule has 0 aromatic rings. The summed E-state index contributed by atoms with van der Waals surface area (Å²) in [6.07, 6.45) is 0. The van der Waals surface area contributed by atoms with Gasteiger partial charge in [0, 0.05) is 0 Å². The van der Waals surface area contributed by atoms with Crippen molar-refractivity contribution in [2.75, 3.05) is 0 Å². The third-order valence-corrected chi connectivity index (χ3v) is 0.773. The summed E-state index contributed by atoms with van der Waals surface area (Å²) in [6, 6.07) is 0. The first-order chi connectivity index (χ1) is 5.91. The Morgan fingerprint density at radius 2 is 0.667 bits per heavy atom. The van der Waals surface area contributed by atoms with E-state index in [9.17, 15) is 0 Å². The zero-order valence-electron chi connectivity index (χ0n) is 5.89. The van der Waals surface area contributed by atoms with Crippen LogP contribution < -0.4 is 0 Å². The van der Waals surface area contributed by atoms with E-state index in [-0.39, 0.29) is 0 Å². The van der Waals surface area contributed by atoms with Gasteiger partial charge in [-0.3, -0.25) is 0 Å². The van der Waals surface area contributed by atoms with Crippen molar-refractivity contribution in [3.05, 3.63) is 0 Å². The Hall–Kier alpha value is -1.34. The van der Waals surface area contributed by atoms with E-state index in [1.807, 2.05) is 0 Å². The molecule has 0 amide bonds. The van der Waals surface area contributed by atoms with Gasteiger partial charge in [-0.2, -0.15) is 0 Å². The van der Waals surface area contributed by atoms with Gasteiger partial charge in [0.05, 0.1) is 0 Å². The fourth-order valence-electron chi connectivity index (χ4n) is 0.243. The molecule has 0 aliphatic heterocycles. The second-order valence-corrected chi connectivity index (χ2v) is 1.67. The minimum absolute atomic E-state index is 2.31. The number of rotatable bonds is 0. The van der Waals surface area contributed by atoms with Crippen molar-refractivity contribution >= 4 is 17.4 Å². The summed E-state index contributed by atoms with van der Waals surface area (Å²) in [5.41, 5.74) is 4.63. The summed E-state index contributed by atoms with van der Waals surface area (Å²) < 4.78 is 0. The van der Waals surface area contributed by atoms with Gasteiger partial charge in [-0.15, -0.1) is 0 Å². The SMILES string of the molecule is P#CC#CC#CC#CC#CC#P. The van der Waals surface area contributed by atoms with Gasteiger partial charge in [0.15, 0.2) is 0 Å². The predicted molar refractivity (Wildman–Crippen MR) is 52.7 cm³/mol. The van der Waals surface area contributed by atoms with Crippen LogP contribution in [0.15, 0.2) is 0 Å². The van der Waals surface area contributed by atoms with Gasteiger partial charge >= 0.3 is 76.0 Å². The number of hydrogen-bond donors (Lipinski definition) is 0. The van der Waals surface area contributed by atoms with Crippen LogP contribution in [-0.2, 0) is 0 Å². The van der Waals surface area contributed by atoms with Crippen LogP contribution >= 0.6 is 17.4 Å². The van der Waals surface area contributed by atoms with Crippen molar-refractivity contribution in [1.29, 1.82) is 0 Å². The van der Waals surface area contributed by atoms with Crippen molar-refractivity contribution in [3.63, 3.8) is 0 Å². The molecule has 12 heavy (non-hydrogen) atoms. The molecule has 0 saturated heterocycles. The molecule has 0 N–H and O–H groups in total. The summed E-state index contributed by atoms with van der Waals surface area (Å²) in [5, 5.41) is 0. The van der Waals surface area contributed by atoms with Gasteiger partial charge in [0.2, 0.25) is 0 Å². The molecule has 0 radical (unpaired) electrons. The van der Waals surface area contributed by atoms with E-state index in [4.69, 9.17) is 0 Å². The summed E-state index contributed by atoms with van der Waals surface area (Å²) in [5.74, 6) is 19.6. The quantitative estimate of drug-likeness (QED) is 0.395. The molecule has 0 aromatic heterocycles.